The Labute approximate surface area is 125 Å². The van der Waals surface area contributed by atoms with Crippen LogP contribution in [0.15, 0.2) is 30.3 Å². The van der Waals surface area contributed by atoms with Gasteiger partial charge in [-0.05, 0) is 44.0 Å². The van der Waals surface area contributed by atoms with Crippen LogP contribution >= 0.6 is 0 Å². The zero-order chi connectivity index (χ0) is 14.8. The first kappa shape index (κ1) is 17.2. The zero-order valence-electron chi connectivity index (χ0n) is 13.7. The number of hydrogen-bond donors (Lipinski definition) is 1. The molecule has 114 valence electrons. The second kappa shape index (κ2) is 9.95. The molecule has 2 nitrogen and oxygen atoms in total. The number of hydrogen-bond acceptors (Lipinski definition) is 2. The second-order valence-corrected chi connectivity index (χ2v) is 5.99. The van der Waals surface area contributed by atoms with Crippen LogP contribution in [0.1, 0.15) is 52.1 Å². The first-order valence-corrected chi connectivity index (χ1v) is 8.18. The molecule has 0 bridgehead atoms. The predicted molar refractivity (Wildman–Crippen MR) is 89.0 cm³/mol. The van der Waals surface area contributed by atoms with Gasteiger partial charge in [0.1, 0.15) is 0 Å². The lowest BCUT2D eigenvalue weighted by atomic mass is 10.0. The fourth-order valence-corrected chi connectivity index (χ4v) is 2.60. The Bertz CT molecular complexity index is 335. The van der Waals surface area contributed by atoms with Gasteiger partial charge < -0.3 is 10.2 Å². The molecule has 1 aromatic rings. The van der Waals surface area contributed by atoms with Crippen molar-refractivity contribution in [2.75, 3.05) is 26.2 Å². The number of benzene rings is 1. The highest BCUT2D eigenvalue weighted by molar-refractivity contribution is 5.18. The molecule has 0 heterocycles. The fourth-order valence-electron chi connectivity index (χ4n) is 2.60. The lowest BCUT2D eigenvalue weighted by molar-refractivity contribution is 0.241. The minimum atomic E-state index is 0.484. The first-order valence-electron chi connectivity index (χ1n) is 8.18. The van der Waals surface area contributed by atoms with Gasteiger partial charge in [-0.3, -0.25) is 0 Å². The summed E-state index contributed by atoms with van der Waals surface area (Å²) in [7, 11) is 0. The van der Waals surface area contributed by atoms with Gasteiger partial charge in [0.25, 0.3) is 0 Å². The third-order valence-corrected chi connectivity index (χ3v) is 3.65. The standard InChI is InChI=1S/C18H32N2/c1-5-13-19-18(17-10-8-7-9-11-17)12-14-20(6-2)15-16(3)4/h7-11,16,18-19H,5-6,12-15H2,1-4H3. The maximum atomic E-state index is 3.69. The molecule has 0 aromatic heterocycles. The summed E-state index contributed by atoms with van der Waals surface area (Å²) in [4.78, 5) is 2.56. The molecule has 1 aromatic carbocycles. The summed E-state index contributed by atoms with van der Waals surface area (Å²) >= 11 is 0. The molecule has 0 saturated heterocycles. The Kier molecular flexibility index (Phi) is 8.56. The molecule has 0 spiro atoms. The highest BCUT2D eigenvalue weighted by Gasteiger charge is 2.12. The van der Waals surface area contributed by atoms with Crippen LogP contribution in [-0.2, 0) is 0 Å². The van der Waals surface area contributed by atoms with E-state index in [1.54, 1.807) is 0 Å². The molecular weight excluding hydrogens is 244 g/mol. The SMILES string of the molecule is CCCNC(CCN(CC)CC(C)C)c1ccccc1. The molecule has 0 radical (unpaired) electrons. The normalized spacial score (nSPS) is 13.1. The van der Waals surface area contributed by atoms with Crippen LogP contribution in [0.5, 0.6) is 0 Å². The van der Waals surface area contributed by atoms with Crippen molar-refractivity contribution < 1.29 is 0 Å². The summed E-state index contributed by atoms with van der Waals surface area (Å²) in [5.74, 6) is 0.744. The van der Waals surface area contributed by atoms with Crippen LogP contribution in [0.25, 0.3) is 0 Å². The minimum absolute atomic E-state index is 0.484. The van der Waals surface area contributed by atoms with E-state index in [-0.39, 0.29) is 0 Å². The molecule has 2 heteroatoms. The van der Waals surface area contributed by atoms with E-state index in [1.807, 2.05) is 0 Å². The third kappa shape index (κ3) is 6.53. The largest absolute Gasteiger partial charge is 0.310 e. The fraction of sp³-hybridized carbons (Fsp3) is 0.667. The molecule has 1 unspecified atom stereocenters. The molecule has 0 aliphatic carbocycles. The Hall–Kier alpha value is -0.860. The van der Waals surface area contributed by atoms with Gasteiger partial charge in [0.2, 0.25) is 0 Å². The van der Waals surface area contributed by atoms with E-state index in [1.165, 1.54) is 31.5 Å². The Morgan fingerprint density at radius 2 is 1.80 bits per heavy atom. The van der Waals surface area contributed by atoms with E-state index in [2.05, 4.69) is 68.2 Å². The van der Waals surface area contributed by atoms with Gasteiger partial charge in [-0.25, -0.2) is 0 Å². The van der Waals surface area contributed by atoms with Gasteiger partial charge in [-0.15, -0.1) is 0 Å². The Balaban J connectivity index is 2.56. The summed E-state index contributed by atoms with van der Waals surface area (Å²) < 4.78 is 0. The van der Waals surface area contributed by atoms with Crippen LogP contribution in [-0.4, -0.2) is 31.1 Å². The van der Waals surface area contributed by atoms with Crippen molar-refractivity contribution in [1.29, 1.82) is 0 Å². The predicted octanol–water partition coefficient (Wildman–Crippen LogP) is 4.10. The van der Waals surface area contributed by atoms with Gasteiger partial charge in [-0.2, -0.15) is 0 Å². The van der Waals surface area contributed by atoms with E-state index < -0.39 is 0 Å². The summed E-state index contributed by atoms with van der Waals surface area (Å²) in [6, 6.07) is 11.3. The molecule has 1 N–H and O–H groups in total. The lowest BCUT2D eigenvalue weighted by Gasteiger charge is -2.26. The number of nitrogens with zero attached hydrogens (tertiary/aromatic N) is 1. The van der Waals surface area contributed by atoms with Gasteiger partial charge in [-0.1, -0.05) is 58.0 Å². The van der Waals surface area contributed by atoms with Crippen molar-refractivity contribution in [3.63, 3.8) is 0 Å². The quantitative estimate of drug-likeness (QED) is 0.692. The molecule has 0 fully saturated rings. The summed E-state index contributed by atoms with van der Waals surface area (Å²) in [6.45, 7) is 13.7. The lowest BCUT2D eigenvalue weighted by Crippen LogP contribution is -2.32. The van der Waals surface area contributed by atoms with Gasteiger partial charge in [0.05, 0.1) is 0 Å². The highest BCUT2D eigenvalue weighted by atomic mass is 15.1. The molecular formula is C18H32N2. The van der Waals surface area contributed by atoms with Crippen molar-refractivity contribution in [3.8, 4) is 0 Å². The molecule has 0 aliphatic rings. The van der Waals surface area contributed by atoms with Crippen molar-refractivity contribution in [3.05, 3.63) is 35.9 Å². The minimum Gasteiger partial charge on any atom is -0.310 e. The van der Waals surface area contributed by atoms with Crippen molar-refractivity contribution >= 4 is 0 Å². The molecule has 0 amide bonds. The van der Waals surface area contributed by atoms with E-state index in [9.17, 15) is 0 Å². The van der Waals surface area contributed by atoms with Crippen LogP contribution in [0.2, 0.25) is 0 Å². The first-order chi connectivity index (χ1) is 9.67. The Morgan fingerprint density at radius 3 is 2.35 bits per heavy atom. The maximum Gasteiger partial charge on any atom is 0.0332 e. The van der Waals surface area contributed by atoms with Crippen LogP contribution in [0, 0.1) is 5.92 Å². The number of rotatable bonds is 10. The summed E-state index contributed by atoms with van der Waals surface area (Å²) in [6.07, 6.45) is 2.37. The van der Waals surface area contributed by atoms with Crippen LogP contribution in [0.4, 0.5) is 0 Å². The van der Waals surface area contributed by atoms with E-state index in [0.29, 0.717) is 6.04 Å². The van der Waals surface area contributed by atoms with Crippen LogP contribution < -0.4 is 5.32 Å². The van der Waals surface area contributed by atoms with Crippen molar-refractivity contribution in [2.45, 2.75) is 46.6 Å². The monoisotopic (exact) mass is 276 g/mol. The van der Waals surface area contributed by atoms with Gasteiger partial charge >= 0.3 is 0 Å². The Morgan fingerprint density at radius 1 is 1.10 bits per heavy atom. The van der Waals surface area contributed by atoms with Crippen molar-refractivity contribution in [2.24, 2.45) is 5.92 Å². The third-order valence-electron chi connectivity index (χ3n) is 3.65. The maximum absolute atomic E-state index is 3.69. The second-order valence-electron chi connectivity index (χ2n) is 5.99. The number of nitrogens with one attached hydrogen (secondary N) is 1. The van der Waals surface area contributed by atoms with Gasteiger partial charge in [0, 0.05) is 12.6 Å². The smallest absolute Gasteiger partial charge is 0.0332 e. The van der Waals surface area contributed by atoms with E-state index in [0.717, 1.165) is 19.0 Å². The summed E-state index contributed by atoms with van der Waals surface area (Å²) in [5.41, 5.74) is 1.42. The zero-order valence-corrected chi connectivity index (χ0v) is 13.7. The topological polar surface area (TPSA) is 15.3 Å². The molecule has 1 atom stereocenters. The van der Waals surface area contributed by atoms with Gasteiger partial charge in [0.15, 0.2) is 0 Å². The molecule has 0 aliphatic heterocycles. The van der Waals surface area contributed by atoms with E-state index >= 15 is 0 Å². The van der Waals surface area contributed by atoms with E-state index in [4.69, 9.17) is 0 Å². The molecule has 1 rings (SSSR count). The van der Waals surface area contributed by atoms with Crippen molar-refractivity contribution in [1.82, 2.24) is 10.2 Å². The van der Waals surface area contributed by atoms with Crippen LogP contribution in [0.3, 0.4) is 0 Å². The molecule has 20 heavy (non-hydrogen) atoms. The average molecular weight is 276 g/mol. The highest BCUT2D eigenvalue weighted by Crippen LogP contribution is 2.17. The average Bonchev–Trinajstić information content (AvgIpc) is 2.46. The summed E-state index contributed by atoms with van der Waals surface area (Å²) in [5, 5.41) is 3.69. The molecule has 0 saturated carbocycles.